The first-order chi connectivity index (χ1) is 10.3. The Bertz CT molecular complexity index is 502. The Morgan fingerprint density at radius 1 is 1.24 bits per heavy atom. The summed E-state index contributed by atoms with van der Waals surface area (Å²) in [6.07, 6.45) is 5.90. The highest BCUT2D eigenvalue weighted by Crippen LogP contribution is 2.44. The summed E-state index contributed by atoms with van der Waals surface area (Å²) in [5, 5.41) is 14.2. The van der Waals surface area contributed by atoms with Gasteiger partial charge in [0.2, 0.25) is 0 Å². The number of thioether (sulfide) groups is 1. The molecule has 3 rings (SSSR count). The van der Waals surface area contributed by atoms with E-state index in [0.29, 0.717) is 12.1 Å². The normalized spacial score (nSPS) is 35.1. The van der Waals surface area contributed by atoms with Crippen molar-refractivity contribution in [2.24, 2.45) is 0 Å². The molecule has 2 atom stereocenters. The van der Waals surface area contributed by atoms with Crippen LogP contribution >= 0.6 is 11.8 Å². The number of hydrogen-bond donors (Lipinski definition) is 1. The van der Waals surface area contributed by atoms with Gasteiger partial charge in [-0.1, -0.05) is 37.3 Å². The molecule has 2 saturated carbocycles. The van der Waals surface area contributed by atoms with Crippen molar-refractivity contribution >= 4 is 11.8 Å². The number of nitrogens with one attached hydrogen (secondary N) is 1. The molecule has 0 spiro atoms. The molecule has 2 fully saturated rings. The fraction of sp³-hybridized carbons (Fsp3) is 0.611. The van der Waals surface area contributed by atoms with Gasteiger partial charge in [0.1, 0.15) is 0 Å². The maximum Gasteiger partial charge on any atom is 0.0852 e. The summed E-state index contributed by atoms with van der Waals surface area (Å²) < 4.78 is 0. The molecule has 2 aliphatic rings. The van der Waals surface area contributed by atoms with Gasteiger partial charge in [-0.15, -0.1) is 0 Å². The fourth-order valence-corrected chi connectivity index (χ4v) is 5.00. The fourth-order valence-electron chi connectivity index (χ4n) is 3.86. The van der Waals surface area contributed by atoms with Crippen molar-refractivity contribution in [2.45, 2.75) is 61.8 Å². The first-order valence-electron chi connectivity index (χ1n) is 8.10. The third-order valence-corrected chi connectivity index (χ3v) is 6.22. The van der Waals surface area contributed by atoms with Crippen LogP contribution in [0.5, 0.6) is 0 Å². The summed E-state index contributed by atoms with van der Waals surface area (Å²) in [6.45, 7) is 2.25. The summed E-state index contributed by atoms with van der Waals surface area (Å²) in [5.41, 5.74) is 0.950. The first-order valence-corrected chi connectivity index (χ1v) is 9.15. The summed E-state index contributed by atoms with van der Waals surface area (Å²) in [4.78, 5) is 0. The predicted molar refractivity (Wildman–Crippen MR) is 89.4 cm³/mol. The Morgan fingerprint density at radius 3 is 2.67 bits per heavy atom. The molecule has 0 bridgehead atoms. The maximum atomic E-state index is 9.60. The van der Waals surface area contributed by atoms with Gasteiger partial charge in [-0.2, -0.15) is 17.0 Å². The third-order valence-electron chi connectivity index (χ3n) is 4.99. The zero-order valence-corrected chi connectivity index (χ0v) is 13.5. The van der Waals surface area contributed by atoms with Crippen LogP contribution in [-0.4, -0.2) is 23.1 Å². The molecule has 21 heavy (non-hydrogen) atoms. The number of rotatable bonds is 5. The Balaban J connectivity index is 1.53. The Kier molecular flexibility index (Phi) is 4.57. The minimum atomic E-state index is -0.241. The number of nitriles is 1. The van der Waals surface area contributed by atoms with Crippen molar-refractivity contribution in [1.82, 2.24) is 5.32 Å². The van der Waals surface area contributed by atoms with E-state index in [4.69, 9.17) is 0 Å². The smallest absolute Gasteiger partial charge is 0.0852 e. The van der Waals surface area contributed by atoms with Gasteiger partial charge in [-0.3, -0.25) is 0 Å². The van der Waals surface area contributed by atoms with Crippen molar-refractivity contribution in [3.05, 3.63) is 35.9 Å². The van der Waals surface area contributed by atoms with Crippen LogP contribution in [0.4, 0.5) is 0 Å². The zero-order valence-electron chi connectivity index (χ0n) is 12.7. The topological polar surface area (TPSA) is 35.8 Å². The molecule has 1 aromatic carbocycles. The lowest BCUT2D eigenvalue weighted by Gasteiger charge is -2.44. The number of benzene rings is 1. The van der Waals surface area contributed by atoms with E-state index in [1.54, 1.807) is 0 Å². The number of nitrogens with zero attached hydrogens (tertiary/aromatic N) is 1. The summed E-state index contributed by atoms with van der Waals surface area (Å²) in [5.74, 6) is 1.23. The van der Waals surface area contributed by atoms with E-state index in [1.165, 1.54) is 30.6 Å². The van der Waals surface area contributed by atoms with E-state index >= 15 is 0 Å². The second kappa shape index (κ2) is 6.42. The van der Waals surface area contributed by atoms with Crippen molar-refractivity contribution in [2.75, 3.05) is 5.75 Å². The SMILES string of the molecule is CCSC1CCC(NC2CC(C#N)(c3ccccc3)C2)C1. The zero-order chi connectivity index (χ0) is 14.7. The largest absolute Gasteiger partial charge is 0.311 e. The minimum Gasteiger partial charge on any atom is -0.311 e. The highest BCUT2D eigenvalue weighted by molar-refractivity contribution is 7.99. The van der Waals surface area contributed by atoms with Crippen molar-refractivity contribution in [3.8, 4) is 6.07 Å². The maximum absolute atomic E-state index is 9.60. The van der Waals surface area contributed by atoms with E-state index < -0.39 is 0 Å². The highest BCUT2D eigenvalue weighted by atomic mass is 32.2. The van der Waals surface area contributed by atoms with Crippen LogP contribution in [0.3, 0.4) is 0 Å². The van der Waals surface area contributed by atoms with E-state index in [1.807, 2.05) is 18.2 Å². The van der Waals surface area contributed by atoms with Crippen LogP contribution in [0.1, 0.15) is 44.6 Å². The van der Waals surface area contributed by atoms with Crippen molar-refractivity contribution in [3.63, 3.8) is 0 Å². The Morgan fingerprint density at radius 2 is 2.00 bits per heavy atom. The van der Waals surface area contributed by atoms with Crippen LogP contribution in [0.15, 0.2) is 30.3 Å². The highest BCUT2D eigenvalue weighted by Gasteiger charge is 2.46. The molecule has 1 aromatic rings. The molecule has 3 heteroatoms. The van der Waals surface area contributed by atoms with Crippen LogP contribution in [0.2, 0.25) is 0 Å². The molecule has 2 nitrogen and oxygen atoms in total. The third kappa shape index (κ3) is 3.12. The van der Waals surface area contributed by atoms with Gasteiger partial charge in [0.15, 0.2) is 0 Å². The van der Waals surface area contributed by atoms with Crippen LogP contribution < -0.4 is 5.32 Å². The van der Waals surface area contributed by atoms with E-state index in [-0.39, 0.29) is 5.41 Å². The molecule has 0 aliphatic heterocycles. The van der Waals surface area contributed by atoms with Gasteiger partial charge in [0.05, 0.1) is 11.5 Å². The van der Waals surface area contributed by atoms with Gasteiger partial charge in [-0.05, 0) is 43.4 Å². The first kappa shape index (κ1) is 14.9. The molecular formula is C18H24N2S. The molecule has 0 radical (unpaired) electrons. The lowest BCUT2D eigenvalue weighted by Crippen LogP contribution is -2.53. The molecule has 0 aromatic heterocycles. The average Bonchev–Trinajstić information content (AvgIpc) is 2.91. The van der Waals surface area contributed by atoms with Gasteiger partial charge in [-0.25, -0.2) is 0 Å². The predicted octanol–water partition coefficient (Wildman–Crippen LogP) is 3.87. The van der Waals surface area contributed by atoms with Gasteiger partial charge in [0.25, 0.3) is 0 Å². The molecule has 0 saturated heterocycles. The Labute approximate surface area is 132 Å². The Hall–Kier alpha value is -0.980. The lowest BCUT2D eigenvalue weighted by molar-refractivity contribution is 0.209. The quantitative estimate of drug-likeness (QED) is 0.896. The van der Waals surface area contributed by atoms with Crippen molar-refractivity contribution in [1.29, 1.82) is 5.26 Å². The summed E-state index contributed by atoms with van der Waals surface area (Å²) in [6, 6.07) is 14.1. The van der Waals surface area contributed by atoms with Gasteiger partial charge in [0, 0.05) is 17.3 Å². The summed E-state index contributed by atoms with van der Waals surface area (Å²) >= 11 is 2.10. The second-order valence-corrected chi connectivity index (χ2v) is 8.00. The van der Waals surface area contributed by atoms with Crippen molar-refractivity contribution < 1.29 is 0 Å². The van der Waals surface area contributed by atoms with E-state index in [9.17, 15) is 5.26 Å². The minimum absolute atomic E-state index is 0.241. The molecule has 1 N–H and O–H groups in total. The molecule has 2 unspecified atom stereocenters. The second-order valence-electron chi connectivity index (χ2n) is 6.42. The van der Waals surface area contributed by atoms with E-state index in [0.717, 1.165) is 18.1 Å². The molecular weight excluding hydrogens is 276 g/mol. The van der Waals surface area contributed by atoms with Crippen LogP contribution in [0.25, 0.3) is 0 Å². The molecule has 2 aliphatic carbocycles. The molecule has 0 amide bonds. The van der Waals surface area contributed by atoms with Crippen LogP contribution in [-0.2, 0) is 5.41 Å². The van der Waals surface area contributed by atoms with Crippen LogP contribution in [0, 0.1) is 11.3 Å². The monoisotopic (exact) mass is 300 g/mol. The van der Waals surface area contributed by atoms with E-state index in [2.05, 4.69) is 42.2 Å². The van der Waals surface area contributed by atoms with Gasteiger partial charge < -0.3 is 5.32 Å². The standard InChI is InChI=1S/C18H24N2S/c1-2-21-17-9-8-15(10-17)20-16-11-18(12-16,13-19)14-6-4-3-5-7-14/h3-7,15-17,20H,2,8-12H2,1H3. The van der Waals surface area contributed by atoms with Gasteiger partial charge >= 0.3 is 0 Å². The summed E-state index contributed by atoms with van der Waals surface area (Å²) in [7, 11) is 0. The number of hydrogen-bond acceptors (Lipinski definition) is 3. The molecule has 112 valence electrons. The molecule has 0 heterocycles. The average molecular weight is 300 g/mol. The lowest BCUT2D eigenvalue weighted by atomic mass is 9.62.